The maximum atomic E-state index is 12.0. The van der Waals surface area contributed by atoms with Crippen LogP contribution in [0.3, 0.4) is 0 Å². The fraction of sp³-hybridized carbons (Fsp3) is 0.467. The van der Waals surface area contributed by atoms with Gasteiger partial charge in [0.2, 0.25) is 0 Å². The van der Waals surface area contributed by atoms with Crippen LogP contribution in [0.1, 0.15) is 0 Å². The van der Waals surface area contributed by atoms with Crippen LogP contribution in [0.2, 0.25) is 19.6 Å². The summed E-state index contributed by atoms with van der Waals surface area (Å²) < 4.78 is 9.70. The summed E-state index contributed by atoms with van der Waals surface area (Å²) >= 11 is 0. The van der Waals surface area contributed by atoms with Crippen molar-refractivity contribution >= 4 is 20.1 Å². The molecule has 1 amide bonds. The van der Waals surface area contributed by atoms with Crippen molar-refractivity contribution in [1.82, 2.24) is 4.90 Å². The van der Waals surface area contributed by atoms with Gasteiger partial charge in [0.05, 0.1) is 13.7 Å². The molecule has 0 saturated heterocycles. The van der Waals surface area contributed by atoms with Crippen LogP contribution in [0.4, 0.5) is 4.79 Å². The van der Waals surface area contributed by atoms with Gasteiger partial charge in [-0.1, -0.05) is 38.2 Å². The molecule has 1 aliphatic rings. The van der Waals surface area contributed by atoms with Gasteiger partial charge in [-0.25, -0.2) is 9.59 Å². The van der Waals surface area contributed by atoms with Crippen molar-refractivity contribution in [3.05, 3.63) is 24.3 Å². The second-order valence-electron chi connectivity index (χ2n) is 5.65. The van der Waals surface area contributed by atoms with Gasteiger partial charge < -0.3 is 9.47 Å². The second kappa shape index (κ2) is 7.13. The van der Waals surface area contributed by atoms with Crippen LogP contribution in [0.25, 0.3) is 0 Å². The molecule has 1 rings (SSSR count). The summed E-state index contributed by atoms with van der Waals surface area (Å²) in [5.41, 5.74) is 3.96. The molecule has 0 radical (unpaired) electrons. The highest BCUT2D eigenvalue weighted by molar-refractivity contribution is 6.83. The highest BCUT2D eigenvalue weighted by Gasteiger charge is 2.35. The monoisotopic (exact) mass is 307 g/mol. The smallest absolute Gasteiger partial charge is 0.411 e. The van der Waals surface area contributed by atoms with Gasteiger partial charge in [-0.3, -0.25) is 4.90 Å². The van der Waals surface area contributed by atoms with Gasteiger partial charge >= 0.3 is 12.1 Å². The zero-order valence-electron chi connectivity index (χ0n) is 12.9. The first kappa shape index (κ1) is 17.0. The van der Waals surface area contributed by atoms with Gasteiger partial charge in [-0.15, -0.1) is 5.54 Å². The SMILES string of the molecule is C=CCOC(=O)N1CC(C#C[Si](C)(C)C)=CC1C(=O)OC. The summed E-state index contributed by atoms with van der Waals surface area (Å²) in [5, 5.41) is 0. The number of ether oxygens (including phenoxy) is 2. The van der Waals surface area contributed by atoms with Crippen LogP contribution < -0.4 is 0 Å². The first-order chi connectivity index (χ1) is 9.78. The zero-order chi connectivity index (χ0) is 16.0. The van der Waals surface area contributed by atoms with Gasteiger partial charge in [0, 0.05) is 5.57 Å². The summed E-state index contributed by atoms with van der Waals surface area (Å²) in [7, 11) is -0.232. The van der Waals surface area contributed by atoms with E-state index in [-0.39, 0.29) is 13.2 Å². The van der Waals surface area contributed by atoms with Gasteiger partial charge in [0.1, 0.15) is 14.7 Å². The minimum atomic E-state index is -1.52. The van der Waals surface area contributed by atoms with Crippen molar-refractivity contribution in [2.75, 3.05) is 20.3 Å². The van der Waals surface area contributed by atoms with Crippen LogP contribution in [-0.4, -0.2) is 51.3 Å². The molecule has 0 aromatic rings. The molecule has 0 spiro atoms. The average molecular weight is 307 g/mol. The van der Waals surface area contributed by atoms with Crippen LogP contribution in [0.15, 0.2) is 24.3 Å². The lowest BCUT2D eigenvalue weighted by molar-refractivity contribution is -0.144. The highest BCUT2D eigenvalue weighted by Crippen LogP contribution is 2.18. The van der Waals surface area contributed by atoms with Crippen molar-refractivity contribution in [2.24, 2.45) is 0 Å². The van der Waals surface area contributed by atoms with E-state index in [2.05, 4.69) is 37.7 Å². The van der Waals surface area contributed by atoms with Crippen molar-refractivity contribution < 1.29 is 19.1 Å². The first-order valence-electron chi connectivity index (χ1n) is 6.64. The number of nitrogens with zero attached hydrogens (tertiary/aromatic N) is 1. The van der Waals surface area contributed by atoms with E-state index in [0.29, 0.717) is 0 Å². The molecule has 0 fully saturated rings. The minimum Gasteiger partial charge on any atom is -0.467 e. The molecular weight excluding hydrogens is 286 g/mol. The van der Waals surface area contributed by atoms with E-state index in [1.54, 1.807) is 6.08 Å². The molecule has 1 aliphatic heterocycles. The van der Waals surface area contributed by atoms with Crippen molar-refractivity contribution in [3.63, 3.8) is 0 Å². The molecule has 5 nitrogen and oxygen atoms in total. The Bertz CT molecular complexity index is 522. The van der Waals surface area contributed by atoms with Gasteiger partial charge in [-0.05, 0) is 6.08 Å². The maximum Gasteiger partial charge on any atom is 0.411 e. The Kier molecular flexibility index (Phi) is 5.79. The third-order valence-corrected chi connectivity index (χ3v) is 3.51. The van der Waals surface area contributed by atoms with Crippen molar-refractivity contribution in [3.8, 4) is 11.5 Å². The Morgan fingerprint density at radius 2 is 2.19 bits per heavy atom. The molecule has 0 bridgehead atoms. The molecule has 0 aromatic heterocycles. The third kappa shape index (κ3) is 5.12. The predicted molar refractivity (Wildman–Crippen MR) is 83.3 cm³/mol. The Morgan fingerprint density at radius 1 is 1.52 bits per heavy atom. The van der Waals surface area contributed by atoms with Crippen LogP contribution in [-0.2, 0) is 14.3 Å². The lowest BCUT2D eigenvalue weighted by atomic mass is 10.2. The molecule has 1 atom stereocenters. The largest absolute Gasteiger partial charge is 0.467 e. The number of hydrogen-bond acceptors (Lipinski definition) is 4. The van der Waals surface area contributed by atoms with E-state index >= 15 is 0 Å². The lowest BCUT2D eigenvalue weighted by Gasteiger charge is -2.21. The molecule has 0 aliphatic carbocycles. The Morgan fingerprint density at radius 3 is 2.71 bits per heavy atom. The van der Waals surface area contributed by atoms with Crippen molar-refractivity contribution in [1.29, 1.82) is 0 Å². The number of carbonyl (C=O) groups is 2. The van der Waals surface area contributed by atoms with Crippen LogP contribution in [0, 0.1) is 11.5 Å². The summed E-state index contributed by atoms with van der Waals surface area (Å²) in [6, 6.07) is -0.779. The normalized spacial score (nSPS) is 17.4. The van der Waals surface area contributed by atoms with E-state index in [1.165, 1.54) is 18.1 Å². The fourth-order valence-corrected chi connectivity index (χ4v) is 2.21. The Labute approximate surface area is 126 Å². The molecule has 1 heterocycles. The molecule has 0 N–H and O–H groups in total. The van der Waals surface area contributed by atoms with Crippen molar-refractivity contribution in [2.45, 2.75) is 25.7 Å². The molecule has 21 heavy (non-hydrogen) atoms. The molecule has 0 aromatic carbocycles. The molecular formula is C15H21NO4Si. The van der Waals surface area contributed by atoms with Gasteiger partial charge in [-0.2, -0.15) is 0 Å². The summed E-state index contributed by atoms with van der Waals surface area (Å²) in [5.74, 6) is 2.56. The second-order valence-corrected chi connectivity index (χ2v) is 10.4. The topological polar surface area (TPSA) is 55.8 Å². The molecule has 1 unspecified atom stereocenters. The Hall–Kier alpha value is -2.00. The van der Waals surface area contributed by atoms with E-state index in [0.717, 1.165) is 5.57 Å². The standard InChI is InChI=1S/C15H21NO4Si/c1-6-8-20-15(18)16-11-12(7-9-21(3,4)5)10-13(16)14(17)19-2/h6,10,13H,1,8,11H2,2-5H3. The van der Waals surface area contributed by atoms with Gasteiger partial charge in [0.25, 0.3) is 0 Å². The summed E-state index contributed by atoms with van der Waals surface area (Å²) in [6.45, 7) is 10.2. The molecule has 114 valence electrons. The van der Waals surface area contributed by atoms with Crippen LogP contribution >= 0.6 is 0 Å². The number of amides is 1. The predicted octanol–water partition coefficient (Wildman–Crippen LogP) is 1.97. The maximum absolute atomic E-state index is 12.0. The number of carbonyl (C=O) groups excluding carboxylic acids is 2. The summed E-state index contributed by atoms with van der Waals surface area (Å²) in [4.78, 5) is 25.0. The zero-order valence-corrected chi connectivity index (χ0v) is 13.9. The quantitative estimate of drug-likeness (QED) is 0.346. The number of rotatable bonds is 3. The lowest BCUT2D eigenvalue weighted by Crippen LogP contribution is -2.42. The molecule has 0 saturated carbocycles. The van der Waals surface area contributed by atoms with Gasteiger partial charge in [0.15, 0.2) is 6.04 Å². The fourth-order valence-electron chi connectivity index (χ4n) is 1.67. The number of esters is 1. The number of methoxy groups -OCH3 is 1. The van der Waals surface area contributed by atoms with E-state index in [1.807, 2.05) is 0 Å². The highest BCUT2D eigenvalue weighted by atomic mass is 28.3. The van der Waals surface area contributed by atoms with E-state index < -0.39 is 26.2 Å². The Balaban J connectivity index is 2.91. The third-order valence-electron chi connectivity index (χ3n) is 2.64. The van der Waals surface area contributed by atoms with Crippen LogP contribution in [0.5, 0.6) is 0 Å². The average Bonchev–Trinajstić information content (AvgIpc) is 2.85. The first-order valence-corrected chi connectivity index (χ1v) is 10.1. The van der Waals surface area contributed by atoms with E-state index in [4.69, 9.17) is 9.47 Å². The molecule has 6 heteroatoms. The van der Waals surface area contributed by atoms with E-state index in [9.17, 15) is 9.59 Å². The number of hydrogen-bond donors (Lipinski definition) is 0. The summed E-state index contributed by atoms with van der Waals surface area (Å²) in [6.07, 6.45) is 2.56. The minimum absolute atomic E-state index is 0.0964.